The van der Waals surface area contributed by atoms with Crippen molar-refractivity contribution in [2.24, 2.45) is 0 Å². The number of hydrogen-bond acceptors (Lipinski definition) is 3. The fourth-order valence-corrected chi connectivity index (χ4v) is 1.97. The lowest BCUT2D eigenvalue weighted by molar-refractivity contribution is -0.137. The van der Waals surface area contributed by atoms with Crippen LogP contribution in [0.2, 0.25) is 0 Å². The fourth-order valence-electron chi connectivity index (χ4n) is 1.97. The van der Waals surface area contributed by atoms with Gasteiger partial charge in [0.2, 0.25) is 0 Å². The molecule has 0 saturated carbocycles. The summed E-state index contributed by atoms with van der Waals surface area (Å²) in [4.78, 5) is 5.58. The van der Waals surface area contributed by atoms with Gasteiger partial charge in [0.1, 0.15) is 5.82 Å². The Morgan fingerprint density at radius 2 is 1.76 bits per heavy atom. The number of pyridine rings is 1. The highest BCUT2D eigenvalue weighted by molar-refractivity contribution is 5.76. The molecule has 0 aliphatic carbocycles. The van der Waals surface area contributed by atoms with E-state index in [9.17, 15) is 13.2 Å². The maximum Gasteiger partial charge on any atom is 0.417 e. The summed E-state index contributed by atoms with van der Waals surface area (Å²) < 4.78 is 38.5. The van der Waals surface area contributed by atoms with Crippen molar-refractivity contribution in [3.63, 3.8) is 0 Å². The van der Waals surface area contributed by atoms with Crippen LogP contribution in [0.5, 0.6) is 0 Å². The van der Waals surface area contributed by atoms with E-state index < -0.39 is 11.7 Å². The van der Waals surface area contributed by atoms with Gasteiger partial charge in [-0.1, -0.05) is 24.3 Å². The summed E-state index contributed by atoms with van der Waals surface area (Å²) in [5.41, 5.74) is 0.938. The topological polar surface area (TPSA) is 36.4 Å². The second kappa shape index (κ2) is 5.73. The molecule has 0 radical (unpaired) electrons. The molecule has 3 nitrogen and oxygen atoms in total. The Bertz CT molecular complexity index is 622. The van der Waals surface area contributed by atoms with Crippen molar-refractivity contribution in [3.8, 4) is 11.1 Å². The average molecular weight is 296 g/mol. The standard InChI is InChI=1S/C15H15F3N2O/c1-20(2)14-13(7-12(8-19-14)15(16,17)18)11-5-3-10(9-21)4-6-11/h3-8,21H,9H2,1-2H3. The molecule has 112 valence electrons. The molecule has 1 aromatic heterocycles. The maximum atomic E-state index is 12.8. The fraction of sp³-hybridized carbons (Fsp3) is 0.267. The number of rotatable bonds is 3. The van der Waals surface area contributed by atoms with Crippen molar-refractivity contribution in [2.45, 2.75) is 12.8 Å². The lowest BCUT2D eigenvalue weighted by Crippen LogP contribution is -2.14. The van der Waals surface area contributed by atoms with Gasteiger partial charge in [-0.2, -0.15) is 13.2 Å². The maximum absolute atomic E-state index is 12.8. The second-order valence-electron chi connectivity index (χ2n) is 4.84. The number of anilines is 1. The Balaban J connectivity index is 2.57. The molecule has 0 amide bonds. The number of benzene rings is 1. The molecule has 2 aromatic rings. The van der Waals surface area contributed by atoms with Gasteiger partial charge >= 0.3 is 6.18 Å². The largest absolute Gasteiger partial charge is 0.417 e. The van der Waals surface area contributed by atoms with Crippen LogP contribution in [0.15, 0.2) is 36.5 Å². The van der Waals surface area contributed by atoms with Crippen LogP contribution in [-0.4, -0.2) is 24.2 Å². The van der Waals surface area contributed by atoms with E-state index in [1.54, 1.807) is 43.3 Å². The van der Waals surface area contributed by atoms with E-state index >= 15 is 0 Å². The molecule has 0 atom stereocenters. The molecule has 2 rings (SSSR count). The summed E-state index contributed by atoms with van der Waals surface area (Å²) in [5, 5.41) is 9.02. The number of hydrogen-bond donors (Lipinski definition) is 1. The molecule has 0 aliphatic heterocycles. The molecule has 1 aromatic carbocycles. The van der Waals surface area contributed by atoms with Crippen molar-refractivity contribution in [1.82, 2.24) is 4.98 Å². The second-order valence-corrected chi connectivity index (χ2v) is 4.84. The molecular formula is C15H15F3N2O. The van der Waals surface area contributed by atoms with Crippen molar-refractivity contribution in [1.29, 1.82) is 0 Å². The van der Waals surface area contributed by atoms with Crippen LogP contribution >= 0.6 is 0 Å². The zero-order chi connectivity index (χ0) is 15.6. The van der Waals surface area contributed by atoms with Crippen LogP contribution in [-0.2, 0) is 12.8 Å². The van der Waals surface area contributed by atoms with Gasteiger partial charge in [-0.15, -0.1) is 0 Å². The third kappa shape index (κ3) is 3.33. The Morgan fingerprint density at radius 3 is 2.24 bits per heavy atom. The lowest BCUT2D eigenvalue weighted by atomic mass is 10.0. The summed E-state index contributed by atoms with van der Waals surface area (Å²) in [6, 6.07) is 7.80. The van der Waals surface area contributed by atoms with E-state index in [0.29, 0.717) is 22.5 Å². The normalized spacial score (nSPS) is 11.5. The first-order chi connectivity index (χ1) is 9.82. The molecule has 21 heavy (non-hydrogen) atoms. The van der Waals surface area contributed by atoms with Crippen LogP contribution in [0.3, 0.4) is 0 Å². The first-order valence-corrected chi connectivity index (χ1v) is 6.27. The number of nitrogens with zero attached hydrogens (tertiary/aromatic N) is 2. The number of aliphatic hydroxyl groups is 1. The van der Waals surface area contributed by atoms with Crippen LogP contribution < -0.4 is 4.90 Å². The Kier molecular flexibility index (Phi) is 4.18. The van der Waals surface area contributed by atoms with Gasteiger partial charge < -0.3 is 10.0 Å². The zero-order valence-corrected chi connectivity index (χ0v) is 11.6. The van der Waals surface area contributed by atoms with E-state index in [-0.39, 0.29) is 6.61 Å². The van der Waals surface area contributed by atoms with Crippen molar-refractivity contribution in [3.05, 3.63) is 47.7 Å². The van der Waals surface area contributed by atoms with Crippen LogP contribution in [0.25, 0.3) is 11.1 Å². The third-order valence-corrected chi connectivity index (χ3v) is 3.07. The van der Waals surface area contributed by atoms with E-state index in [1.165, 1.54) is 0 Å². The third-order valence-electron chi connectivity index (χ3n) is 3.07. The summed E-state index contributed by atoms with van der Waals surface area (Å²) in [6.07, 6.45) is -3.60. The van der Waals surface area contributed by atoms with Gasteiger partial charge in [0.15, 0.2) is 0 Å². The van der Waals surface area contributed by atoms with Gasteiger partial charge in [-0.3, -0.25) is 0 Å². The zero-order valence-electron chi connectivity index (χ0n) is 11.6. The lowest BCUT2D eigenvalue weighted by Gasteiger charge is -2.18. The number of halogens is 3. The quantitative estimate of drug-likeness (QED) is 0.944. The van der Waals surface area contributed by atoms with Gasteiger partial charge in [0.05, 0.1) is 12.2 Å². The summed E-state index contributed by atoms with van der Waals surface area (Å²) in [6.45, 7) is -0.109. The molecular weight excluding hydrogens is 281 g/mol. The summed E-state index contributed by atoms with van der Waals surface area (Å²) in [7, 11) is 3.45. The number of aromatic nitrogens is 1. The SMILES string of the molecule is CN(C)c1ncc(C(F)(F)F)cc1-c1ccc(CO)cc1. The minimum absolute atomic E-state index is 0.109. The number of alkyl halides is 3. The van der Waals surface area contributed by atoms with Crippen LogP contribution in [0.1, 0.15) is 11.1 Å². The summed E-state index contributed by atoms with van der Waals surface area (Å²) >= 11 is 0. The Morgan fingerprint density at radius 1 is 1.14 bits per heavy atom. The van der Waals surface area contributed by atoms with Gasteiger partial charge in [-0.25, -0.2) is 4.98 Å². The van der Waals surface area contributed by atoms with Crippen molar-refractivity contribution >= 4 is 5.82 Å². The molecule has 0 fully saturated rings. The predicted molar refractivity (Wildman–Crippen MR) is 74.9 cm³/mol. The first kappa shape index (κ1) is 15.3. The summed E-state index contributed by atoms with van der Waals surface area (Å²) in [5.74, 6) is 0.458. The molecule has 6 heteroatoms. The predicted octanol–water partition coefficient (Wildman–Crippen LogP) is 3.33. The van der Waals surface area contributed by atoms with Gasteiger partial charge in [0, 0.05) is 25.9 Å². The van der Waals surface area contributed by atoms with E-state index in [1.807, 2.05) is 0 Å². The molecule has 1 N–H and O–H groups in total. The van der Waals surface area contributed by atoms with Crippen molar-refractivity contribution in [2.75, 3.05) is 19.0 Å². The van der Waals surface area contributed by atoms with Gasteiger partial charge in [-0.05, 0) is 17.2 Å². The van der Waals surface area contributed by atoms with Crippen molar-refractivity contribution < 1.29 is 18.3 Å². The van der Waals surface area contributed by atoms with Gasteiger partial charge in [0.25, 0.3) is 0 Å². The molecule has 0 saturated heterocycles. The Labute approximate surface area is 120 Å². The molecule has 0 spiro atoms. The van der Waals surface area contributed by atoms with Crippen LogP contribution in [0.4, 0.5) is 19.0 Å². The minimum atomic E-state index is -4.43. The number of aliphatic hydroxyl groups excluding tert-OH is 1. The highest BCUT2D eigenvalue weighted by Gasteiger charge is 2.32. The van der Waals surface area contributed by atoms with E-state index in [4.69, 9.17) is 5.11 Å². The Hall–Kier alpha value is -2.08. The average Bonchev–Trinajstić information content (AvgIpc) is 2.45. The van der Waals surface area contributed by atoms with E-state index in [2.05, 4.69) is 4.98 Å². The minimum Gasteiger partial charge on any atom is -0.392 e. The molecule has 1 heterocycles. The smallest absolute Gasteiger partial charge is 0.392 e. The highest BCUT2D eigenvalue weighted by atomic mass is 19.4. The first-order valence-electron chi connectivity index (χ1n) is 6.27. The molecule has 0 unspecified atom stereocenters. The monoisotopic (exact) mass is 296 g/mol. The van der Waals surface area contributed by atoms with E-state index in [0.717, 1.165) is 12.3 Å². The molecule has 0 bridgehead atoms. The highest BCUT2D eigenvalue weighted by Crippen LogP contribution is 2.35. The molecule has 0 aliphatic rings. The van der Waals surface area contributed by atoms with Crippen LogP contribution in [0, 0.1) is 0 Å².